The maximum atomic E-state index is 13.5. The number of hydrogen-bond acceptors (Lipinski definition) is 4. The molecule has 1 aliphatic carbocycles. The third kappa shape index (κ3) is 4.42. The van der Waals surface area contributed by atoms with E-state index in [4.69, 9.17) is 0 Å². The van der Waals surface area contributed by atoms with Crippen LogP contribution in [0.15, 0.2) is 41.5 Å². The Morgan fingerprint density at radius 2 is 1.81 bits per heavy atom. The van der Waals surface area contributed by atoms with Crippen LogP contribution in [0.4, 0.5) is 22.0 Å². The van der Waals surface area contributed by atoms with E-state index in [1.807, 2.05) is 0 Å². The second kappa shape index (κ2) is 8.79. The van der Waals surface area contributed by atoms with Crippen LogP contribution in [0.1, 0.15) is 61.3 Å². The van der Waals surface area contributed by atoms with Crippen molar-refractivity contribution in [3.05, 3.63) is 63.7 Å². The van der Waals surface area contributed by atoms with Gasteiger partial charge in [0.05, 0.1) is 12.1 Å². The molecular formula is C21H20F5N5O. The van der Waals surface area contributed by atoms with Crippen LogP contribution in [0.2, 0.25) is 0 Å². The molecule has 2 aromatic heterocycles. The van der Waals surface area contributed by atoms with E-state index in [0.29, 0.717) is 10.1 Å². The number of benzene rings is 1. The molecule has 0 unspecified atom stereocenters. The van der Waals surface area contributed by atoms with Gasteiger partial charge in [-0.1, -0.05) is 37.5 Å². The van der Waals surface area contributed by atoms with Crippen molar-refractivity contribution in [1.82, 2.24) is 24.5 Å². The van der Waals surface area contributed by atoms with Gasteiger partial charge in [0.15, 0.2) is 5.82 Å². The smallest absolute Gasteiger partial charge is 0.267 e. The van der Waals surface area contributed by atoms with Crippen molar-refractivity contribution in [3.63, 3.8) is 0 Å². The van der Waals surface area contributed by atoms with E-state index in [9.17, 15) is 26.7 Å². The second-order valence-corrected chi connectivity index (χ2v) is 7.78. The molecule has 6 nitrogen and oxygen atoms in total. The molecule has 0 bridgehead atoms. The van der Waals surface area contributed by atoms with Gasteiger partial charge in [-0.15, -0.1) is 10.2 Å². The van der Waals surface area contributed by atoms with Gasteiger partial charge in [0, 0.05) is 5.56 Å². The van der Waals surface area contributed by atoms with Crippen molar-refractivity contribution in [1.29, 1.82) is 0 Å². The summed E-state index contributed by atoms with van der Waals surface area (Å²) in [6.45, 7) is -3.39. The van der Waals surface area contributed by atoms with Crippen LogP contribution in [0, 0.1) is 0 Å². The minimum absolute atomic E-state index is 0.0348. The van der Waals surface area contributed by atoms with Crippen LogP contribution in [0.25, 0.3) is 11.5 Å². The van der Waals surface area contributed by atoms with Crippen LogP contribution in [-0.2, 0) is 12.7 Å². The zero-order chi connectivity index (χ0) is 22.9. The molecule has 32 heavy (non-hydrogen) atoms. The summed E-state index contributed by atoms with van der Waals surface area (Å²) in [5.74, 6) is -0.375. The molecule has 1 fully saturated rings. The Bertz CT molecular complexity index is 1150. The summed E-state index contributed by atoms with van der Waals surface area (Å²) in [6.07, 6.45) is 0.550. The van der Waals surface area contributed by atoms with Crippen LogP contribution >= 0.6 is 0 Å². The lowest BCUT2D eigenvalue weighted by Gasteiger charge is -2.22. The molecule has 11 heteroatoms. The Kier molecular flexibility index (Phi) is 6.07. The van der Waals surface area contributed by atoms with E-state index in [0.717, 1.165) is 49.2 Å². The van der Waals surface area contributed by atoms with Crippen molar-refractivity contribution in [3.8, 4) is 11.5 Å². The Morgan fingerprint density at radius 3 is 2.50 bits per heavy atom. The molecule has 0 N–H and O–H groups in total. The lowest BCUT2D eigenvalue weighted by molar-refractivity contribution is -0.138. The average molecular weight is 453 g/mol. The highest BCUT2D eigenvalue weighted by Gasteiger charge is 2.33. The zero-order valence-corrected chi connectivity index (χ0v) is 16.9. The summed E-state index contributed by atoms with van der Waals surface area (Å²) in [4.78, 5) is 13.2. The molecule has 0 aliphatic heterocycles. The van der Waals surface area contributed by atoms with Gasteiger partial charge in [-0.05, 0) is 36.5 Å². The molecule has 170 valence electrons. The van der Waals surface area contributed by atoms with Crippen molar-refractivity contribution in [2.24, 2.45) is 0 Å². The SMILES string of the molecule is O=c1c(C2CCCCC2)cc(-c2nncn2C(F)F)nn1Cc1ccccc1C(F)(F)F. The number of aromatic nitrogens is 5. The molecular weight excluding hydrogens is 433 g/mol. The van der Waals surface area contributed by atoms with Crippen LogP contribution in [0.3, 0.4) is 0 Å². The van der Waals surface area contributed by atoms with Gasteiger partial charge in [-0.2, -0.15) is 27.1 Å². The van der Waals surface area contributed by atoms with E-state index >= 15 is 0 Å². The standard InChI is InChI=1S/C21H20F5N5O/c22-20(23)30-12-27-28-18(30)17-10-15(13-6-2-1-3-7-13)19(32)31(29-17)11-14-8-4-5-9-16(14)21(24,25)26/h4-5,8-10,12-13,20H,1-3,6-7,11H2. The minimum Gasteiger partial charge on any atom is -0.267 e. The molecule has 0 saturated heterocycles. The first-order valence-electron chi connectivity index (χ1n) is 10.2. The van der Waals surface area contributed by atoms with Gasteiger partial charge in [-0.3, -0.25) is 9.36 Å². The first-order chi connectivity index (χ1) is 15.3. The van der Waals surface area contributed by atoms with Gasteiger partial charge in [0.1, 0.15) is 12.0 Å². The third-order valence-electron chi connectivity index (χ3n) is 5.70. The summed E-state index contributed by atoms with van der Waals surface area (Å²) >= 11 is 0. The van der Waals surface area contributed by atoms with Crippen molar-refractivity contribution in [2.45, 2.75) is 57.3 Å². The quantitative estimate of drug-likeness (QED) is 0.510. The largest absolute Gasteiger partial charge is 0.416 e. The Balaban J connectivity index is 1.85. The van der Waals surface area contributed by atoms with Gasteiger partial charge >= 0.3 is 12.7 Å². The fourth-order valence-electron chi connectivity index (χ4n) is 4.15. The van der Waals surface area contributed by atoms with Crippen LogP contribution in [0.5, 0.6) is 0 Å². The number of rotatable bonds is 5. The summed E-state index contributed by atoms with van der Waals surface area (Å²) in [5.41, 5.74) is -1.23. The van der Waals surface area contributed by atoms with Crippen molar-refractivity contribution >= 4 is 0 Å². The maximum absolute atomic E-state index is 13.5. The van der Waals surface area contributed by atoms with Gasteiger partial charge in [0.25, 0.3) is 5.56 Å². The Labute approximate surface area is 179 Å². The van der Waals surface area contributed by atoms with E-state index < -0.39 is 30.4 Å². The highest BCUT2D eigenvalue weighted by atomic mass is 19.4. The monoisotopic (exact) mass is 453 g/mol. The first kappa shape index (κ1) is 22.1. The molecule has 4 rings (SSSR count). The summed E-state index contributed by atoms with van der Waals surface area (Å²) in [6, 6.07) is 6.32. The van der Waals surface area contributed by atoms with E-state index in [-0.39, 0.29) is 23.0 Å². The van der Waals surface area contributed by atoms with Gasteiger partial charge < -0.3 is 0 Å². The normalized spacial score (nSPS) is 15.4. The molecule has 1 aromatic carbocycles. The minimum atomic E-state index is -4.61. The molecule has 0 radical (unpaired) electrons. The van der Waals surface area contributed by atoms with Crippen molar-refractivity contribution < 1.29 is 22.0 Å². The number of nitrogens with zero attached hydrogens (tertiary/aromatic N) is 5. The lowest BCUT2D eigenvalue weighted by Crippen LogP contribution is -2.30. The Hall–Kier alpha value is -3.11. The average Bonchev–Trinajstić information content (AvgIpc) is 3.26. The summed E-state index contributed by atoms with van der Waals surface area (Å²) < 4.78 is 68.5. The molecule has 0 amide bonds. The first-order valence-corrected chi connectivity index (χ1v) is 10.2. The lowest BCUT2D eigenvalue weighted by atomic mass is 9.84. The Morgan fingerprint density at radius 1 is 1.09 bits per heavy atom. The molecule has 3 aromatic rings. The molecule has 0 atom stereocenters. The highest BCUT2D eigenvalue weighted by molar-refractivity contribution is 5.50. The molecule has 0 spiro atoms. The maximum Gasteiger partial charge on any atom is 0.416 e. The number of alkyl halides is 5. The highest BCUT2D eigenvalue weighted by Crippen LogP contribution is 2.34. The third-order valence-corrected chi connectivity index (χ3v) is 5.70. The number of hydrogen-bond donors (Lipinski definition) is 0. The summed E-state index contributed by atoms with van der Waals surface area (Å²) in [7, 11) is 0. The number of halogens is 5. The van der Waals surface area contributed by atoms with E-state index in [1.54, 1.807) is 0 Å². The zero-order valence-electron chi connectivity index (χ0n) is 16.9. The topological polar surface area (TPSA) is 65.6 Å². The predicted octanol–water partition coefficient (Wildman–Crippen LogP) is 5.01. The predicted molar refractivity (Wildman–Crippen MR) is 105 cm³/mol. The van der Waals surface area contributed by atoms with E-state index in [2.05, 4.69) is 15.3 Å². The molecule has 2 heterocycles. The van der Waals surface area contributed by atoms with E-state index in [1.165, 1.54) is 24.3 Å². The van der Waals surface area contributed by atoms with Gasteiger partial charge in [-0.25, -0.2) is 4.68 Å². The second-order valence-electron chi connectivity index (χ2n) is 7.78. The fraction of sp³-hybridized carbons (Fsp3) is 0.429. The van der Waals surface area contributed by atoms with Crippen LogP contribution < -0.4 is 5.56 Å². The van der Waals surface area contributed by atoms with Gasteiger partial charge in [0.2, 0.25) is 0 Å². The molecule has 1 saturated carbocycles. The fourth-order valence-corrected chi connectivity index (χ4v) is 4.15. The van der Waals surface area contributed by atoms with Crippen molar-refractivity contribution in [2.75, 3.05) is 0 Å². The molecule has 1 aliphatic rings. The van der Waals surface area contributed by atoms with Crippen LogP contribution in [-0.4, -0.2) is 24.5 Å². The summed E-state index contributed by atoms with van der Waals surface area (Å²) in [5, 5.41) is 11.3.